The van der Waals surface area contributed by atoms with Gasteiger partial charge in [0.2, 0.25) is 0 Å². The Labute approximate surface area is 172 Å². The average Bonchev–Trinajstić information content (AvgIpc) is 3.14. The average molecular weight is 405 g/mol. The van der Waals surface area contributed by atoms with Crippen LogP contribution in [0.2, 0.25) is 0 Å². The molecule has 0 bridgehead atoms. The van der Waals surface area contributed by atoms with Crippen LogP contribution >= 0.6 is 11.3 Å². The Hall–Kier alpha value is -2.21. The molecule has 0 aliphatic carbocycles. The maximum absolute atomic E-state index is 11.9. The van der Waals surface area contributed by atoms with Gasteiger partial charge in [-0.2, -0.15) is 0 Å². The lowest BCUT2D eigenvalue weighted by atomic mass is 9.95. The predicted octanol–water partition coefficient (Wildman–Crippen LogP) is 5.74. The van der Waals surface area contributed by atoms with Crippen LogP contribution in [0.1, 0.15) is 61.5 Å². The quantitative estimate of drug-likeness (QED) is 0.610. The van der Waals surface area contributed by atoms with Crippen molar-refractivity contribution in [1.82, 2.24) is 9.88 Å². The van der Waals surface area contributed by atoms with Crippen LogP contribution in [-0.4, -0.2) is 34.8 Å². The molecule has 1 aromatic heterocycles. The first-order valence-corrected chi connectivity index (χ1v) is 10.3. The van der Waals surface area contributed by atoms with E-state index in [4.69, 9.17) is 4.74 Å². The van der Waals surface area contributed by atoms with Gasteiger partial charge < -0.3 is 9.64 Å². The number of rotatable bonds is 4. The summed E-state index contributed by atoms with van der Waals surface area (Å²) in [6.45, 7) is 7.69. The number of Topliss-reactive ketones (excluding diaryl/α,β-unsaturated/α-hetero) is 1. The van der Waals surface area contributed by atoms with Gasteiger partial charge >= 0.3 is 6.09 Å². The largest absolute Gasteiger partial charge is 0.445 e. The molecule has 6 heteroatoms. The topological polar surface area (TPSA) is 59.5 Å². The third kappa shape index (κ3) is 7.43. The zero-order chi connectivity index (χ0) is 19.6. The highest BCUT2D eigenvalue weighted by molar-refractivity contribution is 7.09. The minimum atomic E-state index is -0.173. The van der Waals surface area contributed by atoms with Gasteiger partial charge in [-0.25, -0.2) is 9.78 Å². The summed E-state index contributed by atoms with van der Waals surface area (Å²) in [5.41, 5.74) is 3.33. The Morgan fingerprint density at radius 3 is 2.32 bits per heavy atom. The van der Waals surface area contributed by atoms with Crippen molar-refractivity contribution in [3.8, 4) is 0 Å². The third-order valence-corrected chi connectivity index (χ3v) is 5.49. The van der Waals surface area contributed by atoms with Crippen LogP contribution in [0, 0.1) is 12.8 Å². The Bertz CT molecular complexity index is 722. The molecule has 0 atom stereocenters. The second-order valence-corrected chi connectivity index (χ2v) is 7.75. The zero-order valence-corrected chi connectivity index (χ0v) is 17.1. The summed E-state index contributed by atoms with van der Waals surface area (Å²) < 4.78 is 5.32. The molecule has 3 rings (SSSR count). The number of aryl methyl sites for hydroxylation is 1. The van der Waals surface area contributed by atoms with Crippen LogP contribution in [0.15, 0.2) is 35.8 Å². The van der Waals surface area contributed by atoms with Crippen LogP contribution in [0.3, 0.4) is 0 Å². The first-order chi connectivity index (χ1) is 13.0. The zero-order valence-electron chi connectivity index (χ0n) is 16.3. The van der Waals surface area contributed by atoms with Gasteiger partial charge in [0.25, 0.3) is 0 Å². The van der Waals surface area contributed by atoms with Crippen molar-refractivity contribution in [2.24, 2.45) is 5.92 Å². The molecule has 0 saturated carbocycles. The fourth-order valence-electron chi connectivity index (χ4n) is 2.98. The van der Waals surface area contributed by atoms with Crippen molar-refractivity contribution in [3.05, 3.63) is 52.0 Å². The Kier molecular flexibility index (Phi) is 10.5. The van der Waals surface area contributed by atoms with E-state index < -0.39 is 0 Å². The third-order valence-electron chi connectivity index (χ3n) is 4.73. The number of likely N-dealkylation sites (tertiary alicyclic amines) is 1. The van der Waals surface area contributed by atoms with E-state index in [1.807, 2.05) is 42.2 Å². The van der Waals surface area contributed by atoms with Crippen LogP contribution in [0.25, 0.3) is 0 Å². The number of carbonyl (C=O) groups excluding carboxylic acids is 2. The molecule has 1 fully saturated rings. The summed E-state index contributed by atoms with van der Waals surface area (Å²) in [6.07, 6.45) is 3.26. The number of carbonyl (C=O) groups is 2. The first kappa shape index (κ1) is 23.8. The van der Waals surface area contributed by atoms with Crippen molar-refractivity contribution in [2.75, 3.05) is 13.1 Å². The number of hydrogen-bond acceptors (Lipinski definition) is 5. The predicted molar refractivity (Wildman–Crippen MR) is 115 cm³/mol. The van der Waals surface area contributed by atoms with E-state index in [0.717, 1.165) is 42.3 Å². The molecule has 1 aliphatic rings. The minimum Gasteiger partial charge on any atom is -0.445 e. The Morgan fingerprint density at radius 2 is 1.86 bits per heavy atom. The molecule has 0 N–H and O–H groups in total. The van der Waals surface area contributed by atoms with E-state index in [2.05, 4.69) is 11.9 Å². The van der Waals surface area contributed by atoms with Crippen molar-refractivity contribution >= 4 is 23.2 Å². The highest BCUT2D eigenvalue weighted by Crippen LogP contribution is 2.20. The normalized spacial score (nSPS) is 13.8. The number of nitrogens with zero attached hydrogens (tertiary/aromatic N) is 2. The molecule has 0 radical (unpaired) electrons. The molecule has 5 nitrogen and oxygen atoms in total. The number of aromatic nitrogens is 1. The SMILES string of the molecule is C.CC(=O)c1ncsc1C.CCC1CCN(C(=O)OCc2ccccc2)CC1. The van der Waals surface area contributed by atoms with E-state index >= 15 is 0 Å². The van der Waals surface area contributed by atoms with Gasteiger partial charge in [0.1, 0.15) is 12.3 Å². The molecule has 1 aliphatic heterocycles. The van der Waals surface area contributed by atoms with E-state index in [-0.39, 0.29) is 19.3 Å². The van der Waals surface area contributed by atoms with Crippen LogP contribution in [0.5, 0.6) is 0 Å². The summed E-state index contributed by atoms with van der Waals surface area (Å²) in [4.78, 5) is 29.3. The van der Waals surface area contributed by atoms with Gasteiger partial charge in [0.05, 0.1) is 5.51 Å². The maximum atomic E-state index is 11.9. The van der Waals surface area contributed by atoms with Crippen molar-refractivity contribution in [1.29, 1.82) is 0 Å². The minimum absolute atomic E-state index is 0. The second-order valence-electron chi connectivity index (χ2n) is 6.69. The monoisotopic (exact) mass is 404 g/mol. The number of piperidine rings is 1. The van der Waals surface area contributed by atoms with Gasteiger partial charge in [-0.3, -0.25) is 4.79 Å². The lowest BCUT2D eigenvalue weighted by molar-refractivity contribution is 0.0819. The summed E-state index contributed by atoms with van der Waals surface area (Å²) >= 11 is 1.50. The van der Waals surface area contributed by atoms with Crippen LogP contribution in [0.4, 0.5) is 4.79 Å². The molecule has 1 saturated heterocycles. The maximum Gasteiger partial charge on any atom is 0.410 e. The molecule has 28 heavy (non-hydrogen) atoms. The highest BCUT2D eigenvalue weighted by atomic mass is 32.1. The van der Waals surface area contributed by atoms with Gasteiger partial charge in [-0.05, 0) is 31.2 Å². The van der Waals surface area contributed by atoms with Crippen molar-refractivity contribution in [3.63, 3.8) is 0 Å². The number of hydrogen-bond donors (Lipinski definition) is 0. The Morgan fingerprint density at radius 1 is 1.21 bits per heavy atom. The molecule has 0 spiro atoms. The number of benzene rings is 1. The highest BCUT2D eigenvalue weighted by Gasteiger charge is 2.22. The molecular formula is C22H32N2O3S. The molecule has 2 aromatic rings. The summed E-state index contributed by atoms with van der Waals surface area (Å²) in [5, 5.41) is 0. The summed E-state index contributed by atoms with van der Waals surface area (Å²) in [5.74, 6) is 0.830. The van der Waals surface area contributed by atoms with E-state index in [0.29, 0.717) is 12.3 Å². The van der Waals surface area contributed by atoms with Gasteiger partial charge in [0, 0.05) is 24.9 Å². The Balaban J connectivity index is 0.000000332. The second kappa shape index (κ2) is 12.3. The van der Waals surface area contributed by atoms with Crippen molar-refractivity contribution in [2.45, 2.75) is 54.1 Å². The first-order valence-electron chi connectivity index (χ1n) is 9.37. The molecule has 2 heterocycles. The van der Waals surface area contributed by atoms with E-state index in [1.54, 1.807) is 5.51 Å². The lowest BCUT2D eigenvalue weighted by Gasteiger charge is -2.30. The lowest BCUT2D eigenvalue weighted by Crippen LogP contribution is -2.38. The number of ketones is 1. The van der Waals surface area contributed by atoms with Crippen LogP contribution < -0.4 is 0 Å². The fraction of sp³-hybridized carbons (Fsp3) is 0.500. The molecule has 154 valence electrons. The smallest absolute Gasteiger partial charge is 0.410 e. The number of thiazole rings is 1. The van der Waals surface area contributed by atoms with Gasteiger partial charge in [0.15, 0.2) is 5.78 Å². The molecule has 1 aromatic carbocycles. The molecular weight excluding hydrogens is 372 g/mol. The van der Waals surface area contributed by atoms with Crippen LogP contribution in [-0.2, 0) is 11.3 Å². The fourth-order valence-corrected chi connectivity index (χ4v) is 3.60. The number of amides is 1. The molecule has 1 amide bonds. The summed E-state index contributed by atoms with van der Waals surface area (Å²) in [7, 11) is 0. The van der Waals surface area contributed by atoms with Crippen molar-refractivity contribution < 1.29 is 14.3 Å². The molecule has 0 unspecified atom stereocenters. The van der Waals surface area contributed by atoms with Gasteiger partial charge in [-0.15, -0.1) is 11.3 Å². The van der Waals surface area contributed by atoms with Gasteiger partial charge in [-0.1, -0.05) is 51.1 Å². The standard InChI is InChI=1S/C15H21NO2.C6H7NOS.CH4/c1-2-13-8-10-16(11-9-13)15(17)18-12-14-6-4-3-5-7-14;1-4(8)6-5(2)9-3-7-6;/h3-7,13H,2,8-12H2,1H3;3H,1-2H3;1H4. The summed E-state index contributed by atoms with van der Waals surface area (Å²) in [6, 6.07) is 9.81. The number of ether oxygens (including phenoxy) is 1. The van der Waals surface area contributed by atoms with E-state index in [9.17, 15) is 9.59 Å². The van der Waals surface area contributed by atoms with E-state index in [1.165, 1.54) is 24.7 Å².